The fourth-order valence-electron chi connectivity index (χ4n) is 3.50. The number of nitrogens with one attached hydrogen (secondary N) is 1. The summed E-state index contributed by atoms with van der Waals surface area (Å²) in [7, 11) is 0. The minimum atomic E-state index is 0.174. The molecule has 4 rings (SSSR count). The van der Waals surface area contributed by atoms with Gasteiger partial charge in [0.1, 0.15) is 0 Å². The summed E-state index contributed by atoms with van der Waals surface area (Å²) in [6.45, 7) is 2.07. The zero-order valence-electron chi connectivity index (χ0n) is 12.8. The maximum atomic E-state index is 12.3. The van der Waals surface area contributed by atoms with Crippen LogP contribution in [0.15, 0.2) is 42.6 Å². The second-order valence-corrected chi connectivity index (χ2v) is 6.84. The van der Waals surface area contributed by atoms with E-state index < -0.39 is 0 Å². The minimum absolute atomic E-state index is 0.174. The predicted molar refractivity (Wildman–Crippen MR) is 87.4 cm³/mol. The quantitative estimate of drug-likeness (QED) is 0.921. The lowest BCUT2D eigenvalue weighted by Gasteiger charge is -2.34. The van der Waals surface area contributed by atoms with E-state index in [0.29, 0.717) is 5.41 Å². The number of nitrogens with zero attached hydrogens (tertiary/aromatic N) is 1. The number of carbonyl (C=O) groups is 1. The standard InChI is InChI=1S/C19H20N2O/c1-13-5-6-15(10-16(13)17-4-2-3-9-20-17)21-18(22)14-11-19(12-14)7-8-19/h2-6,9-10,14H,7-8,11-12H2,1H3,(H,21,22). The Hall–Kier alpha value is -2.16. The van der Waals surface area contributed by atoms with Crippen molar-refractivity contribution in [3.05, 3.63) is 48.2 Å². The second kappa shape index (κ2) is 4.94. The third kappa shape index (κ3) is 2.41. The lowest BCUT2D eigenvalue weighted by Crippen LogP contribution is -2.35. The monoisotopic (exact) mass is 292 g/mol. The van der Waals surface area contributed by atoms with Gasteiger partial charge in [0.2, 0.25) is 5.91 Å². The van der Waals surface area contributed by atoms with Gasteiger partial charge in [0.05, 0.1) is 5.69 Å². The summed E-state index contributed by atoms with van der Waals surface area (Å²) < 4.78 is 0. The van der Waals surface area contributed by atoms with Gasteiger partial charge in [-0.3, -0.25) is 9.78 Å². The van der Waals surface area contributed by atoms with Crippen molar-refractivity contribution in [1.82, 2.24) is 4.98 Å². The van der Waals surface area contributed by atoms with E-state index in [1.54, 1.807) is 6.20 Å². The van der Waals surface area contributed by atoms with Crippen LogP contribution in [-0.2, 0) is 4.79 Å². The van der Waals surface area contributed by atoms with Crippen molar-refractivity contribution in [2.45, 2.75) is 32.6 Å². The molecule has 1 N–H and O–H groups in total. The van der Waals surface area contributed by atoms with Gasteiger partial charge >= 0.3 is 0 Å². The average Bonchev–Trinajstić information content (AvgIpc) is 3.29. The first-order valence-corrected chi connectivity index (χ1v) is 7.98. The number of carbonyl (C=O) groups excluding carboxylic acids is 1. The molecule has 0 aliphatic heterocycles. The molecule has 0 saturated heterocycles. The Morgan fingerprint density at radius 3 is 2.73 bits per heavy atom. The number of amides is 1. The van der Waals surface area contributed by atoms with Crippen molar-refractivity contribution in [1.29, 1.82) is 0 Å². The van der Waals surface area contributed by atoms with E-state index in [9.17, 15) is 4.79 Å². The maximum absolute atomic E-state index is 12.3. The third-order valence-electron chi connectivity index (χ3n) is 5.13. The van der Waals surface area contributed by atoms with Crippen LogP contribution in [0.5, 0.6) is 0 Å². The Balaban J connectivity index is 1.51. The lowest BCUT2D eigenvalue weighted by atomic mass is 9.71. The second-order valence-electron chi connectivity index (χ2n) is 6.84. The molecule has 0 unspecified atom stereocenters. The highest BCUT2D eigenvalue weighted by molar-refractivity contribution is 5.94. The highest BCUT2D eigenvalue weighted by atomic mass is 16.1. The summed E-state index contributed by atoms with van der Waals surface area (Å²) in [5.74, 6) is 0.385. The summed E-state index contributed by atoms with van der Waals surface area (Å²) in [6, 6.07) is 11.9. The van der Waals surface area contributed by atoms with Crippen LogP contribution in [0.1, 0.15) is 31.2 Å². The summed E-state index contributed by atoms with van der Waals surface area (Å²) in [5.41, 5.74) is 4.61. The Labute approximate surface area is 130 Å². The fourth-order valence-corrected chi connectivity index (χ4v) is 3.50. The number of aryl methyl sites for hydroxylation is 1. The van der Waals surface area contributed by atoms with Gasteiger partial charge in [-0.25, -0.2) is 0 Å². The summed E-state index contributed by atoms with van der Waals surface area (Å²) in [5, 5.41) is 3.08. The first-order valence-electron chi connectivity index (χ1n) is 7.98. The molecule has 0 atom stereocenters. The van der Waals surface area contributed by atoms with E-state index in [4.69, 9.17) is 0 Å². The number of anilines is 1. The Morgan fingerprint density at radius 1 is 1.23 bits per heavy atom. The molecule has 1 heterocycles. The SMILES string of the molecule is Cc1ccc(NC(=O)C2CC3(CC3)C2)cc1-c1ccccn1. The van der Waals surface area contributed by atoms with Crippen LogP contribution in [0.3, 0.4) is 0 Å². The molecule has 1 spiro atoms. The van der Waals surface area contributed by atoms with E-state index in [1.165, 1.54) is 12.8 Å². The van der Waals surface area contributed by atoms with Crippen molar-refractivity contribution in [2.24, 2.45) is 11.3 Å². The first-order chi connectivity index (χ1) is 10.7. The minimum Gasteiger partial charge on any atom is -0.326 e. The molecule has 1 aromatic heterocycles. The van der Waals surface area contributed by atoms with Crippen LogP contribution in [0.2, 0.25) is 0 Å². The number of rotatable bonds is 3. The molecule has 0 radical (unpaired) electrons. The molecule has 0 bridgehead atoms. The Morgan fingerprint density at radius 2 is 2.05 bits per heavy atom. The number of hydrogen-bond acceptors (Lipinski definition) is 2. The highest BCUT2D eigenvalue weighted by Gasteiger charge is 2.54. The fraction of sp³-hybridized carbons (Fsp3) is 0.368. The Bertz CT molecular complexity index is 711. The van der Waals surface area contributed by atoms with Gasteiger partial charge in [0.15, 0.2) is 0 Å². The van der Waals surface area contributed by atoms with Crippen molar-refractivity contribution < 1.29 is 4.79 Å². The van der Waals surface area contributed by atoms with Gasteiger partial charge in [-0.2, -0.15) is 0 Å². The van der Waals surface area contributed by atoms with Crippen LogP contribution in [-0.4, -0.2) is 10.9 Å². The highest BCUT2D eigenvalue weighted by Crippen LogP contribution is 2.63. The average molecular weight is 292 g/mol. The third-order valence-corrected chi connectivity index (χ3v) is 5.13. The van der Waals surface area contributed by atoms with E-state index >= 15 is 0 Å². The van der Waals surface area contributed by atoms with E-state index in [-0.39, 0.29) is 11.8 Å². The van der Waals surface area contributed by atoms with E-state index in [0.717, 1.165) is 35.3 Å². The van der Waals surface area contributed by atoms with Crippen molar-refractivity contribution in [2.75, 3.05) is 5.32 Å². The van der Waals surface area contributed by atoms with Crippen molar-refractivity contribution in [3.63, 3.8) is 0 Å². The molecule has 3 heteroatoms. The van der Waals surface area contributed by atoms with E-state index in [2.05, 4.69) is 17.2 Å². The van der Waals surface area contributed by atoms with Gasteiger partial charge in [0, 0.05) is 23.4 Å². The van der Waals surface area contributed by atoms with Crippen LogP contribution < -0.4 is 5.32 Å². The lowest BCUT2D eigenvalue weighted by molar-refractivity contribution is -0.124. The number of benzene rings is 1. The molecule has 22 heavy (non-hydrogen) atoms. The zero-order valence-corrected chi connectivity index (χ0v) is 12.8. The molecular formula is C19H20N2O. The molecular weight excluding hydrogens is 272 g/mol. The van der Waals surface area contributed by atoms with Gasteiger partial charge in [-0.1, -0.05) is 12.1 Å². The molecule has 2 fully saturated rings. The molecule has 1 amide bonds. The zero-order chi connectivity index (χ0) is 15.2. The summed E-state index contributed by atoms with van der Waals surface area (Å²) in [4.78, 5) is 16.7. The smallest absolute Gasteiger partial charge is 0.227 e. The first kappa shape index (κ1) is 13.5. The molecule has 2 aliphatic carbocycles. The van der Waals surface area contributed by atoms with Crippen LogP contribution >= 0.6 is 0 Å². The van der Waals surface area contributed by atoms with Crippen molar-refractivity contribution in [3.8, 4) is 11.3 Å². The molecule has 112 valence electrons. The van der Waals surface area contributed by atoms with Gasteiger partial charge < -0.3 is 5.32 Å². The predicted octanol–water partition coefficient (Wildman–Crippen LogP) is 4.19. The number of aromatic nitrogens is 1. The van der Waals surface area contributed by atoms with Crippen LogP contribution in [0, 0.1) is 18.3 Å². The topological polar surface area (TPSA) is 42.0 Å². The molecule has 2 aliphatic rings. The molecule has 1 aromatic carbocycles. The summed E-state index contributed by atoms with van der Waals surface area (Å²) >= 11 is 0. The van der Waals surface area contributed by atoms with E-state index in [1.807, 2.05) is 36.4 Å². The van der Waals surface area contributed by atoms with Gasteiger partial charge in [-0.15, -0.1) is 0 Å². The van der Waals surface area contributed by atoms with Crippen LogP contribution in [0.4, 0.5) is 5.69 Å². The molecule has 2 aromatic rings. The summed E-state index contributed by atoms with van der Waals surface area (Å²) in [6.07, 6.45) is 6.61. The van der Waals surface area contributed by atoms with Gasteiger partial charge in [0.25, 0.3) is 0 Å². The van der Waals surface area contributed by atoms with Crippen LogP contribution in [0.25, 0.3) is 11.3 Å². The largest absolute Gasteiger partial charge is 0.326 e. The maximum Gasteiger partial charge on any atom is 0.227 e. The van der Waals surface area contributed by atoms with Crippen molar-refractivity contribution >= 4 is 11.6 Å². The normalized spacial score (nSPS) is 18.8. The number of pyridine rings is 1. The molecule has 3 nitrogen and oxygen atoms in total. The Kier molecular flexibility index (Phi) is 3.03. The van der Waals surface area contributed by atoms with Gasteiger partial charge in [-0.05, 0) is 67.9 Å². The number of hydrogen-bond donors (Lipinski definition) is 1. The molecule has 2 saturated carbocycles.